The van der Waals surface area contributed by atoms with Gasteiger partial charge in [-0.25, -0.2) is 0 Å². The lowest BCUT2D eigenvalue weighted by atomic mass is 10.0. The molecule has 0 atom stereocenters. The predicted molar refractivity (Wildman–Crippen MR) is 62.1 cm³/mol. The first-order valence-corrected chi connectivity index (χ1v) is 5.47. The SMILES string of the molecule is CC(=O)Nc1n[nH]c2c1CN(C(C)=O)C2(C)C. The van der Waals surface area contributed by atoms with Gasteiger partial charge in [0.25, 0.3) is 0 Å². The first-order chi connectivity index (χ1) is 7.84. The van der Waals surface area contributed by atoms with Crippen LogP contribution in [0.2, 0.25) is 0 Å². The maximum Gasteiger partial charge on any atom is 0.222 e. The van der Waals surface area contributed by atoms with E-state index in [0.29, 0.717) is 12.4 Å². The van der Waals surface area contributed by atoms with E-state index < -0.39 is 5.54 Å². The number of carbonyl (C=O) groups is 2. The van der Waals surface area contributed by atoms with Gasteiger partial charge >= 0.3 is 0 Å². The van der Waals surface area contributed by atoms with Gasteiger partial charge in [0.1, 0.15) is 0 Å². The number of carbonyl (C=O) groups excluding carboxylic acids is 2. The largest absolute Gasteiger partial charge is 0.328 e. The van der Waals surface area contributed by atoms with Gasteiger partial charge in [0, 0.05) is 19.4 Å². The van der Waals surface area contributed by atoms with E-state index in [9.17, 15) is 9.59 Å². The molecule has 0 fully saturated rings. The maximum absolute atomic E-state index is 11.6. The van der Waals surface area contributed by atoms with Gasteiger partial charge in [0.2, 0.25) is 11.8 Å². The summed E-state index contributed by atoms with van der Waals surface area (Å²) < 4.78 is 0. The molecule has 1 aromatic rings. The van der Waals surface area contributed by atoms with Gasteiger partial charge in [-0.05, 0) is 13.8 Å². The molecule has 2 rings (SSSR count). The average molecular weight is 236 g/mol. The molecule has 0 bridgehead atoms. The molecule has 2 N–H and O–H groups in total. The number of nitrogens with zero attached hydrogens (tertiary/aromatic N) is 2. The van der Waals surface area contributed by atoms with Gasteiger partial charge in [-0.1, -0.05) is 0 Å². The van der Waals surface area contributed by atoms with Crippen LogP contribution in [0, 0.1) is 0 Å². The second kappa shape index (κ2) is 3.58. The van der Waals surface area contributed by atoms with Gasteiger partial charge in [-0.15, -0.1) is 0 Å². The van der Waals surface area contributed by atoms with Gasteiger partial charge in [0.15, 0.2) is 5.82 Å². The van der Waals surface area contributed by atoms with Crippen molar-refractivity contribution in [2.45, 2.75) is 39.8 Å². The fraction of sp³-hybridized carbons (Fsp3) is 0.545. The van der Waals surface area contributed by atoms with E-state index in [1.54, 1.807) is 11.8 Å². The normalized spacial score (nSPS) is 16.8. The summed E-state index contributed by atoms with van der Waals surface area (Å²) in [6.45, 7) is 7.36. The van der Waals surface area contributed by atoms with Crippen LogP contribution in [-0.4, -0.2) is 26.9 Å². The lowest BCUT2D eigenvalue weighted by Crippen LogP contribution is -2.39. The zero-order chi connectivity index (χ0) is 12.8. The number of H-pyrrole nitrogens is 1. The van der Waals surface area contributed by atoms with Crippen molar-refractivity contribution in [3.63, 3.8) is 0 Å². The van der Waals surface area contributed by atoms with E-state index in [-0.39, 0.29) is 11.8 Å². The third kappa shape index (κ3) is 1.69. The number of nitrogens with one attached hydrogen (secondary N) is 2. The number of rotatable bonds is 1. The monoisotopic (exact) mass is 236 g/mol. The minimum atomic E-state index is -0.412. The lowest BCUT2D eigenvalue weighted by molar-refractivity contribution is -0.134. The molecule has 0 radical (unpaired) electrons. The summed E-state index contributed by atoms with van der Waals surface area (Å²) >= 11 is 0. The first-order valence-electron chi connectivity index (χ1n) is 5.47. The van der Waals surface area contributed by atoms with Crippen molar-refractivity contribution in [3.05, 3.63) is 11.3 Å². The summed E-state index contributed by atoms with van der Waals surface area (Å²) in [4.78, 5) is 24.4. The van der Waals surface area contributed by atoms with Crippen LogP contribution < -0.4 is 5.32 Å². The molecule has 1 aromatic heterocycles. The summed E-state index contributed by atoms with van der Waals surface area (Å²) in [7, 11) is 0. The average Bonchev–Trinajstić information content (AvgIpc) is 2.66. The summed E-state index contributed by atoms with van der Waals surface area (Å²) in [5.41, 5.74) is 1.36. The molecule has 0 spiro atoms. The van der Waals surface area contributed by atoms with Crippen LogP contribution in [0.3, 0.4) is 0 Å². The third-order valence-corrected chi connectivity index (χ3v) is 3.14. The highest BCUT2D eigenvalue weighted by molar-refractivity contribution is 5.89. The topological polar surface area (TPSA) is 78.1 Å². The van der Waals surface area contributed by atoms with Crippen LogP contribution in [0.25, 0.3) is 0 Å². The van der Waals surface area contributed by atoms with Gasteiger partial charge < -0.3 is 10.2 Å². The van der Waals surface area contributed by atoms with Gasteiger partial charge in [-0.2, -0.15) is 5.10 Å². The van der Waals surface area contributed by atoms with Crippen LogP contribution in [0.15, 0.2) is 0 Å². The number of aromatic amines is 1. The third-order valence-electron chi connectivity index (χ3n) is 3.14. The zero-order valence-electron chi connectivity index (χ0n) is 10.4. The molecule has 6 heteroatoms. The van der Waals surface area contributed by atoms with E-state index >= 15 is 0 Å². The summed E-state index contributed by atoms with van der Waals surface area (Å²) in [5, 5.41) is 9.64. The van der Waals surface area contributed by atoms with E-state index in [4.69, 9.17) is 0 Å². The second-order valence-electron chi connectivity index (χ2n) is 4.77. The molecule has 0 saturated carbocycles. The molecule has 17 heavy (non-hydrogen) atoms. The quantitative estimate of drug-likeness (QED) is 0.762. The molecular formula is C11H16N4O2. The maximum atomic E-state index is 11.6. The van der Waals surface area contributed by atoms with Crippen molar-refractivity contribution in [3.8, 4) is 0 Å². The van der Waals surface area contributed by atoms with E-state index in [1.165, 1.54) is 6.92 Å². The molecule has 1 aliphatic heterocycles. The van der Waals surface area contributed by atoms with Crippen molar-refractivity contribution in [1.29, 1.82) is 0 Å². The Morgan fingerprint density at radius 3 is 2.59 bits per heavy atom. The fourth-order valence-corrected chi connectivity index (χ4v) is 2.29. The summed E-state index contributed by atoms with van der Waals surface area (Å²) in [6, 6.07) is 0. The number of hydrogen-bond donors (Lipinski definition) is 2. The Kier molecular flexibility index (Phi) is 2.45. The van der Waals surface area contributed by atoms with Crippen molar-refractivity contribution in [2.75, 3.05) is 5.32 Å². The zero-order valence-corrected chi connectivity index (χ0v) is 10.4. The summed E-state index contributed by atoms with van der Waals surface area (Å²) in [5.74, 6) is 0.357. The Morgan fingerprint density at radius 2 is 2.06 bits per heavy atom. The minimum Gasteiger partial charge on any atom is -0.328 e. The molecule has 0 unspecified atom stereocenters. The first kappa shape index (κ1) is 11.6. The minimum absolute atomic E-state index is 0.00775. The molecule has 6 nitrogen and oxygen atoms in total. The van der Waals surface area contributed by atoms with Crippen molar-refractivity contribution < 1.29 is 9.59 Å². The molecule has 0 saturated heterocycles. The van der Waals surface area contributed by atoms with Crippen LogP contribution >= 0.6 is 0 Å². The van der Waals surface area contributed by atoms with Crippen LogP contribution in [-0.2, 0) is 21.7 Å². The highest BCUT2D eigenvalue weighted by atomic mass is 16.2. The van der Waals surface area contributed by atoms with Crippen molar-refractivity contribution >= 4 is 17.6 Å². The molecule has 0 aromatic carbocycles. The van der Waals surface area contributed by atoms with E-state index in [0.717, 1.165) is 11.3 Å². The Morgan fingerprint density at radius 1 is 1.41 bits per heavy atom. The van der Waals surface area contributed by atoms with Crippen LogP contribution in [0.5, 0.6) is 0 Å². The number of anilines is 1. The smallest absolute Gasteiger partial charge is 0.222 e. The van der Waals surface area contributed by atoms with Crippen molar-refractivity contribution in [2.24, 2.45) is 0 Å². The van der Waals surface area contributed by atoms with Gasteiger partial charge in [-0.3, -0.25) is 14.7 Å². The lowest BCUT2D eigenvalue weighted by Gasteiger charge is -2.30. The molecule has 1 aliphatic rings. The van der Waals surface area contributed by atoms with Crippen LogP contribution in [0.1, 0.15) is 39.0 Å². The molecule has 2 amide bonds. The fourth-order valence-electron chi connectivity index (χ4n) is 2.29. The van der Waals surface area contributed by atoms with E-state index in [1.807, 2.05) is 13.8 Å². The van der Waals surface area contributed by atoms with E-state index in [2.05, 4.69) is 15.5 Å². The number of amides is 2. The Bertz CT molecular complexity index is 490. The molecular weight excluding hydrogens is 220 g/mol. The Hall–Kier alpha value is -1.85. The molecule has 92 valence electrons. The molecule has 0 aliphatic carbocycles. The number of hydrogen-bond acceptors (Lipinski definition) is 3. The van der Waals surface area contributed by atoms with Gasteiger partial charge in [0.05, 0.1) is 17.8 Å². The standard InChI is InChI=1S/C11H16N4O2/c1-6(16)12-10-8-5-15(7(2)17)11(3,4)9(8)13-14-10/h5H2,1-4H3,(H2,12,13,14,16). The van der Waals surface area contributed by atoms with Crippen LogP contribution in [0.4, 0.5) is 5.82 Å². The Labute approximate surface area is 99.4 Å². The highest BCUT2D eigenvalue weighted by Gasteiger charge is 2.42. The summed E-state index contributed by atoms with van der Waals surface area (Å²) in [6.07, 6.45) is 0. The molecule has 2 heterocycles. The highest BCUT2D eigenvalue weighted by Crippen LogP contribution is 2.40. The predicted octanol–water partition coefficient (Wildman–Crippen LogP) is 0.965. The number of aromatic nitrogens is 2. The second-order valence-corrected chi connectivity index (χ2v) is 4.77. The number of fused-ring (bicyclic) bond motifs is 1. The van der Waals surface area contributed by atoms with Crippen molar-refractivity contribution in [1.82, 2.24) is 15.1 Å². The Balaban J connectivity index is 2.40.